The first-order chi connectivity index (χ1) is 15.0. The van der Waals surface area contributed by atoms with Crippen molar-refractivity contribution in [3.05, 3.63) is 52.4 Å². The van der Waals surface area contributed by atoms with E-state index in [2.05, 4.69) is 10.6 Å². The SMILES string of the molecule is CCOC(=O)c1ccsc1NC(=O)CN1C(=O)N[C@]2(CCCCc3ccccc32)C1=O. The predicted octanol–water partition coefficient (Wildman–Crippen LogP) is 3.04. The number of urea groups is 1. The summed E-state index contributed by atoms with van der Waals surface area (Å²) in [6.07, 6.45) is 3.05. The number of esters is 1. The zero-order valence-electron chi connectivity index (χ0n) is 17.1. The lowest BCUT2D eigenvalue weighted by molar-refractivity contribution is -0.134. The summed E-state index contributed by atoms with van der Waals surface area (Å²) >= 11 is 1.17. The van der Waals surface area contributed by atoms with E-state index in [0.29, 0.717) is 11.4 Å². The highest BCUT2D eigenvalue weighted by Gasteiger charge is 2.53. The number of thiophene rings is 1. The fourth-order valence-corrected chi connectivity index (χ4v) is 4.99. The molecule has 2 N–H and O–H groups in total. The Morgan fingerprint density at radius 1 is 1.23 bits per heavy atom. The summed E-state index contributed by atoms with van der Waals surface area (Å²) in [5.74, 6) is -1.52. The molecule has 4 amide bonds. The molecule has 9 heteroatoms. The molecular weight excluding hydrogens is 418 g/mol. The van der Waals surface area contributed by atoms with Crippen LogP contribution in [0.5, 0.6) is 0 Å². The van der Waals surface area contributed by atoms with E-state index >= 15 is 0 Å². The molecule has 162 valence electrons. The van der Waals surface area contributed by atoms with Crippen LogP contribution in [-0.2, 0) is 26.3 Å². The largest absolute Gasteiger partial charge is 0.462 e. The zero-order chi connectivity index (χ0) is 22.0. The van der Waals surface area contributed by atoms with Crippen molar-refractivity contribution < 1.29 is 23.9 Å². The van der Waals surface area contributed by atoms with Crippen molar-refractivity contribution >= 4 is 40.2 Å². The average molecular weight is 442 g/mol. The van der Waals surface area contributed by atoms with Gasteiger partial charge in [0.25, 0.3) is 5.91 Å². The van der Waals surface area contributed by atoms with Crippen LogP contribution in [0.2, 0.25) is 0 Å². The van der Waals surface area contributed by atoms with Gasteiger partial charge in [-0.15, -0.1) is 11.3 Å². The Bertz CT molecular complexity index is 1050. The van der Waals surface area contributed by atoms with E-state index in [9.17, 15) is 19.2 Å². The summed E-state index contributed by atoms with van der Waals surface area (Å²) < 4.78 is 4.98. The van der Waals surface area contributed by atoms with Crippen LogP contribution in [0.4, 0.5) is 9.80 Å². The molecule has 8 nitrogen and oxygen atoms in total. The summed E-state index contributed by atoms with van der Waals surface area (Å²) in [6.45, 7) is 1.48. The van der Waals surface area contributed by atoms with Crippen molar-refractivity contribution in [1.29, 1.82) is 0 Å². The van der Waals surface area contributed by atoms with Gasteiger partial charge in [0.1, 0.15) is 17.1 Å². The van der Waals surface area contributed by atoms with E-state index < -0.39 is 35.9 Å². The van der Waals surface area contributed by atoms with Crippen molar-refractivity contribution in [1.82, 2.24) is 10.2 Å². The number of carbonyl (C=O) groups excluding carboxylic acids is 4. The third kappa shape index (κ3) is 3.81. The second-order valence-corrected chi connectivity index (χ2v) is 8.44. The Kier molecular flexibility index (Phi) is 5.77. The van der Waals surface area contributed by atoms with Crippen molar-refractivity contribution in [2.75, 3.05) is 18.5 Å². The topological polar surface area (TPSA) is 105 Å². The molecule has 1 aromatic heterocycles. The molecule has 1 atom stereocenters. The van der Waals surface area contributed by atoms with Gasteiger partial charge in [-0.25, -0.2) is 9.59 Å². The molecule has 1 spiro atoms. The summed E-state index contributed by atoms with van der Waals surface area (Å²) in [5, 5.41) is 7.47. The minimum atomic E-state index is -1.14. The number of imide groups is 1. The number of hydrogen-bond donors (Lipinski definition) is 2. The maximum absolute atomic E-state index is 13.4. The number of hydrogen-bond acceptors (Lipinski definition) is 6. The Balaban J connectivity index is 1.53. The summed E-state index contributed by atoms with van der Waals surface area (Å²) in [4.78, 5) is 51.7. The molecule has 1 aromatic carbocycles. The van der Waals surface area contributed by atoms with Gasteiger partial charge in [0.15, 0.2) is 0 Å². The van der Waals surface area contributed by atoms with E-state index in [1.807, 2.05) is 24.3 Å². The maximum atomic E-state index is 13.4. The summed E-state index contributed by atoms with van der Waals surface area (Å²) in [7, 11) is 0. The van der Waals surface area contributed by atoms with Gasteiger partial charge in [0.05, 0.1) is 12.2 Å². The van der Waals surface area contributed by atoms with Gasteiger partial charge in [-0.1, -0.05) is 24.3 Å². The quantitative estimate of drug-likeness (QED) is 0.548. The van der Waals surface area contributed by atoms with E-state index in [1.54, 1.807) is 18.4 Å². The zero-order valence-corrected chi connectivity index (χ0v) is 17.9. The number of anilines is 1. The van der Waals surface area contributed by atoms with Gasteiger partial charge >= 0.3 is 12.0 Å². The first-order valence-electron chi connectivity index (χ1n) is 10.2. The van der Waals surface area contributed by atoms with Crippen LogP contribution in [0.1, 0.15) is 47.7 Å². The van der Waals surface area contributed by atoms with Crippen molar-refractivity contribution in [2.24, 2.45) is 0 Å². The van der Waals surface area contributed by atoms with Crippen molar-refractivity contribution in [3.8, 4) is 0 Å². The summed E-state index contributed by atoms with van der Waals surface area (Å²) in [5.41, 5.74) is 0.949. The molecule has 1 fully saturated rings. The Morgan fingerprint density at radius 3 is 2.84 bits per heavy atom. The number of aryl methyl sites for hydroxylation is 1. The van der Waals surface area contributed by atoms with E-state index in [-0.39, 0.29) is 12.2 Å². The molecular formula is C22H23N3O5S. The lowest BCUT2D eigenvalue weighted by Gasteiger charge is -2.27. The van der Waals surface area contributed by atoms with Gasteiger partial charge in [-0.2, -0.15) is 0 Å². The standard InChI is InChI=1S/C22H23N3O5S/c1-2-30-19(27)15-10-12-31-18(15)23-17(26)13-25-20(28)22(24-21(25)29)11-6-5-8-14-7-3-4-9-16(14)22/h3-4,7,9-10,12H,2,5-6,8,11,13H2,1H3,(H,23,26)(H,24,29)/t22-/m0/s1. The average Bonchev–Trinajstić information content (AvgIpc) is 3.23. The third-order valence-corrected chi connectivity index (χ3v) is 6.45. The van der Waals surface area contributed by atoms with Crippen LogP contribution in [-0.4, -0.2) is 41.9 Å². The van der Waals surface area contributed by atoms with Gasteiger partial charge in [-0.3, -0.25) is 14.5 Å². The second-order valence-electron chi connectivity index (χ2n) is 7.52. The predicted molar refractivity (Wildman–Crippen MR) is 115 cm³/mol. The molecule has 0 saturated carbocycles. The molecule has 1 saturated heterocycles. The number of nitrogens with one attached hydrogen (secondary N) is 2. The number of rotatable bonds is 5. The lowest BCUT2D eigenvalue weighted by Crippen LogP contribution is -2.44. The number of carbonyl (C=O) groups is 4. The molecule has 0 unspecified atom stereocenters. The van der Waals surface area contributed by atoms with E-state index in [4.69, 9.17) is 4.74 Å². The molecule has 4 rings (SSSR count). The smallest absolute Gasteiger partial charge is 0.341 e. The Morgan fingerprint density at radius 2 is 2.03 bits per heavy atom. The van der Waals surface area contributed by atoms with E-state index in [1.165, 1.54) is 11.3 Å². The van der Waals surface area contributed by atoms with Crippen molar-refractivity contribution in [2.45, 2.75) is 38.1 Å². The van der Waals surface area contributed by atoms with Crippen molar-refractivity contribution in [3.63, 3.8) is 0 Å². The molecule has 1 aliphatic heterocycles. The molecule has 2 aromatic rings. The maximum Gasteiger partial charge on any atom is 0.341 e. The fourth-order valence-electron chi connectivity index (χ4n) is 4.20. The molecule has 31 heavy (non-hydrogen) atoms. The van der Waals surface area contributed by atoms with Crippen LogP contribution in [0.3, 0.4) is 0 Å². The lowest BCUT2D eigenvalue weighted by atomic mass is 9.84. The molecule has 2 aliphatic rings. The van der Waals surface area contributed by atoms with Crippen LogP contribution < -0.4 is 10.6 Å². The minimum absolute atomic E-state index is 0.216. The Hall–Kier alpha value is -3.20. The van der Waals surface area contributed by atoms with E-state index in [0.717, 1.165) is 35.3 Å². The summed E-state index contributed by atoms with van der Waals surface area (Å²) in [6, 6.07) is 8.60. The van der Waals surface area contributed by atoms with Gasteiger partial charge < -0.3 is 15.4 Å². The minimum Gasteiger partial charge on any atom is -0.462 e. The highest BCUT2D eigenvalue weighted by molar-refractivity contribution is 7.14. The number of nitrogens with zero attached hydrogens (tertiary/aromatic N) is 1. The van der Waals surface area contributed by atoms with Crippen LogP contribution in [0, 0.1) is 0 Å². The normalized spacial score (nSPS) is 20.2. The molecule has 0 radical (unpaired) electrons. The number of amides is 4. The van der Waals surface area contributed by atoms with Gasteiger partial charge in [0, 0.05) is 0 Å². The van der Waals surface area contributed by atoms with Crippen LogP contribution in [0.25, 0.3) is 0 Å². The number of ether oxygens (including phenoxy) is 1. The molecule has 0 bridgehead atoms. The number of benzene rings is 1. The Labute approximate surface area is 183 Å². The van der Waals surface area contributed by atoms with Crippen LogP contribution in [0.15, 0.2) is 35.7 Å². The number of fused-ring (bicyclic) bond motifs is 2. The first kappa shape index (κ1) is 21.0. The highest BCUT2D eigenvalue weighted by Crippen LogP contribution is 2.39. The van der Waals surface area contributed by atoms with Gasteiger partial charge in [-0.05, 0) is 55.2 Å². The van der Waals surface area contributed by atoms with Gasteiger partial charge in [0.2, 0.25) is 5.91 Å². The monoisotopic (exact) mass is 441 g/mol. The highest BCUT2D eigenvalue weighted by atomic mass is 32.1. The fraction of sp³-hybridized carbons (Fsp3) is 0.364. The molecule has 2 heterocycles. The third-order valence-electron chi connectivity index (χ3n) is 5.62. The van der Waals surface area contributed by atoms with Crippen LogP contribution >= 0.6 is 11.3 Å². The molecule has 1 aliphatic carbocycles. The second kappa shape index (κ2) is 8.50. The first-order valence-corrected chi connectivity index (χ1v) is 11.1.